The van der Waals surface area contributed by atoms with Crippen LogP contribution in [0.4, 0.5) is 0 Å². The second kappa shape index (κ2) is 4.53. The molecule has 0 aliphatic heterocycles. The van der Waals surface area contributed by atoms with Crippen molar-refractivity contribution in [3.8, 4) is 0 Å². The zero-order valence-corrected chi connectivity index (χ0v) is 8.78. The van der Waals surface area contributed by atoms with Crippen LogP contribution in [-0.4, -0.2) is 10.8 Å². The van der Waals surface area contributed by atoms with Crippen molar-refractivity contribution >= 4 is 5.78 Å². The van der Waals surface area contributed by atoms with Crippen molar-refractivity contribution in [1.82, 2.24) is 4.98 Å². The third-order valence-corrected chi connectivity index (χ3v) is 2.82. The summed E-state index contributed by atoms with van der Waals surface area (Å²) >= 11 is 0. The summed E-state index contributed by atoms with van der Waals surface area (Å²) in [7, 11) is 0. The first-order valence-corrected chi connectivity index (χ1v) is 5.48. The Labute approximate surface area is 89.7 Å². The molecule has 1 fully saturated rings. The molecule has 0 bridgehead atoms. The third kappa shape index (κ3) is 2.86. The molecule has 0 spiro atoms. The summed E-state index contributed by atoms with van der Waals surface area (Å²) in [5.41, 5.74) is 7.02. The second-order valence-corrected chi connectivity index (χ2v) is 4.15. The first-order chi connectivity index (χ1) is 7.29. The molecular formula is C12H16N2O. The van der Waals surface area contributed by atoms with Gasteiger partial charge in [0.15, 0.2) is 5.78 Å². The number of carbonyl (C=O) groups is 1. The molecule has 0 aromatic carbocycles. The fourth-order valence-electron chi connectivity index (χ4n) is 1.65. The van der Waals surface area contributed by atoms with Gasteiger partial charge in [-0.05, 0) is 24.5 Å². The van der Waals surface area contributed by atoms with Crippen LogP contribution in [0.1, 0.15) is 41.7 Å². The molecule has 1 aromatic rings. The van der Waals surface area contributed by atoms with E-state index in [1.807, 2.05) is 0 Å². The van der Waals surface area contributed by atoms with Crippen LogP contribution in [0.3, 0.4) is 0 Å². The van der Waals surface area contributed by atoms with Crippen molar-refractivity contribution < 1.29 is 4.79 Å². The van der Waals surface area contributed by atoms with E-state index in [0.29, 0.717) is 13.0 Å². The minimum atomic E-state index is 0.221. The molecule has 0 atom stereocenters. The number of Topliss-reactive ketones (excluding diaryl/α,β-unsaturated/α-hetero) is 1. The highest BCUT2D eigenvalue weighted by Crippen LogP contribution is 2.33. The van der Waals surface area contributed by atoms with Crippen molar-refractivity contribution in [3.05, 3.63) is 29.6 Å². The van der Waals surface area contributed by atoms with Gasteiger partial charge in [0.1, 0.15) is 0 Å². The van der Waals surface area contributed by atoms with Gasteiger partial charge >= 0.3 is 0 Å². The zero-order valence-electron chi connectivity index (χ0n) is 8.78. The van der Waals surface area contributed by atoms with Crippen LogP contribution in [0, 0.1) is 5.92 Å². The largest absolute Gasteiger partial charge is 0.325 e. The first kappa shape index (κ1) is 10.3. The predicted molar refractivity (Wildman–Crippen MR) is 58.4 cm³/mol. The van der Waals surface area contributed by atoms with Crippen LogP contribution < -0.4 is 5.73 Å². The van der Waals surface area contributed by atoms with E-state index in [1.54, 1.807) is 18.3 Å². The number of ketones is 1. The normalized spacial score (nSPS) is 15.3. The van der Waals surface area contributed by atoms with Crippen LogP contribution in [0.5, 0.6) is 0 Å². The van der Waals surface area contributed by atoms with Crippen molar-refractivity contribution in [3.63, 3.8) is 0 Å². The van der Waals surface area contributed by atoms with Gasteiger partial charge < -0.3 is 5.73 Å². The molecule has 0 radical (unpaired) electrons. The molecule has 1 heterocycles. The van der Waals surface area contributed by atoms with Crippen LogP contribution in [0.2, 0.25) is 0 Å². The van der Waals surface area contributed by atoms with Crippen molar-refractivity contribution in [2.45, 2.75) is 32.2 Å². The van der Waals surface area contributed by atoms with Crippen molar-refractivity contribution in [2.24, 2.45) is 11.7 Å². The summed E-state index contributed by atoms with van der Waals surface area (Å²) in [6, 6.07) is 3.57. The van der Waals surface area contributed by atoms with E-state index in [1.165, 1.54) is 12.8 Å². The molecule has 3 nitrogen and oxygen atoms in total. The molecule has 15 heavy (non-hydrogen) atoms. The maximum absolute atomic E-state index is 11.8. The fraction of sp³-hybridized carbons (Fsp3) is 0.500. The van der Waals surface area contributed by atoms with E-state index >= 15 is 0 Å². The molecule has 0 amide bonds. The SMILES string of the molecule is NCc1cc(C(=O)CCC2CC2)ccn1. The summed E-state index contributed by atoms with van der Waals surface area (Å²) in [4.78, 5) is 15.8. The molecule has 2 rings (SSSR count). The topological polar surface area (TPSA) is 56.0 Å². The standard InChI is InChI=1S/C12H16N2O/c13-8-11-7-10(5-6-14-11)12(15)4-3-9-1-2-9/h5-7,9H,1-4,8,13H2. The average molecular weight is 204 g/mol. The van der Waals surface area contributed by atoms with Crippen LogP contribution in [0.25, 0.3) is 0 Å². The van der Waals surface area contributed by atoms with Gasteiger partial charge in [0, 0.05) is 24.7 Å². The molecule has 3 heteroatoms. The Hall–Kier alpha value is -1.22. The summed E-state index contributed by atoms with van der Waals surface area (Å²) in [5.74, 6) is 1.03. The van der Waals surface area contributed by atoms with E-state index in [0.717, 1.165) is 23.6 Å². The Morgan fingerprint density at radius 2 is 2.33 bits per heavy atom. The highest BCUT2D eigenvalue weighted by atomic mass is 16.1. The Balaban J connectivity index is 1.96. The van der Waals surface area contributed by atoms with Gasteiger partial charge in [-0.1, -0.05) is 12.8 Å². The third-order valence-electron chi connectivity index (χ3n) is 2.82. The maximum atomic E-state index is 11.8. The highest BCUT2D eigenvalue weighted by molar-refractivity contribution is 5.96. The molecule has 0 unspecified atom stereocenters. The van der Waals surface area contributed by atoms with Gasteiger partial charge in [0.05, 0.1) is 5.69 Å². The highest BCUT2D eigenvalue weighted by Gasteiger charge is 2.22. The molecule has 80 valence electrons. The smallest absolute Gasteiger partial charge is 0.163 e. The number of carbonyl (C=O) groups excluding carboxylic acids is 1. The molecule has 0 saturated heterocycles. The van der Waals surface area contributed by atoms with E-state index in [9.17, 15) is 4.79 Å². The molecule has 2 N–H and O–H groups in total. The number of aromatic nitrogens is 1. The second-order valence-electron chi connectivity index (χ2n) is 4.15. The lowest BCUT2D eigenvalue weighted by Crippen LogP contribution is -2.04. The molecular weight excluding hydrogens is 188 g/mol. The van der Waals surface area contributed by atoms with Crippen LogP contribution in [0.15, 0.2) is 18.3 Å². The number of nitrogens with zero attached hydrogens (tertiary/aromatic N) is 1. The summed E-state index contributed by atoms with van der Waals surface area (Å²) < 4.78 is 0. The maximum Gasteiger partial charge on any atom is 0.163 e. The Morgan fingerprint density at radius 3 is 3.00 bits per heavy atom. The molecule has 1 aliphatic rings. The zero-order chi connectivity index (χ0) is 10.7. The van der Waals surface area contributed by atoms with Crippen molar-refractivity contribution in [1.29, 1.82) is 0 Å². The van der Waals surface area contributed by atoms with Gasteiger partial charge in [-0.2, -0.15) is 0 Å². The summed E-state index contributed by atoms with van der Waals surface area (Å²) in [6.45, 7) is 0.393. The lowest BCUT2D eigenvalue weighted by Gasteiger charge is -2.01. The minimum absolute atomic E-state index is 0.221. The summed E-state index contributed by atoms with van der Waals surface area (Å²) in [5, 5.41) is 0. The molecule has 1 aliphatic carbocycles. The quantitative estimate of drug-likeness (QED) is 0.745. The first-order valence-electron chi connectivity index (χ1n) is 5.48. The van der Waals surface area contributed by atoms with E-state index < -0.39 is 0 Å². The fourth-order valence-corrected chi connectivity index (χ4v) is 1.65. The Morgan fingerprint density at radius 1 is 1.53 bits per heavy atom. The van der Waals surface area contributed by atoms with E-state index in [4.69, 9.17) is 5.73 Å². The van der Waals surface area contributed by atoms with E-state index in [2.05, 4.69) is 4.98 Å². The van der Waals surface area contributed by atoms with Gasteiger partial charge in [-0.15, -0.1) is 0 Å². The minimum Gasteiger partial charge on any atom is -0.325 e. The number of hydrogen-bond donors (Lipinski definition) is 1. The van der Waals surface area contributed by atoms with Gasteiger partial charge in [0.2, 0.25) is 0 Å². The van der Waals surface area contributed by atoms with E-state index in [-0.39, 0.29) is 5.78 Å². The number of pyridine rings is 1. The van der Waals surface area contributed by atoms with Gasteiger partial charge in [0.25, 0.3) is 0 Å². The number of hydrogen-bond acceptors (Lipinski definition) is 3. The Bertz CT molecular complexity index is 358. The molecule has 1 aromatic heterocycles. The average Bonchev–Trinajstić information content (AvgIpc) is 3.10. The van der Waals surface area contributed by atoms with Gasteiger partial charge in [-0.3, -0.25) is 9.78 Å². The lowest BCUT2D eigenvalue weighted by molar-refractivity contribution is 0.0978. The Kier molecular flexibility index (Phi) is 3.11. The van der Waals surface area contributed by atoms with Crippen LogP contribution >= 0.6 is 0 Å². The predicted octanol–water partition coefficient (Wildman–Crippen LogP) is 1.91. The molecule has 1 saturated carbocycles. The monoisotopic (exact) mass is 204 g/mol. The number of nitrogens with two attached hydrogens (primary N) is 1. The van der Waals surface area contributed by atoms with Crippen molar-refractivity contribution in [2.75, 3.05) is 0 Å². The number of rotatable bonds is 5. The lowest BCUT2D eigenvalue weighted by atomic mass is 10.1. The summed E-state index contributed by atoms with van der Waals surface area (Å²) in [6.07, 6.45) is 5.97. The van der Waals surface area contributed by atoms with Crippen LogP contribution in [-0.2, 0) is 6.54 Å². The van der Waals surface area contributed by atoms with Gasteiger partial charge in [-0.25, -0.2) is 0 Å².